The van der Waals surface area contributed by atoms with E-state index in [0.717, 1.165) is 42.8 Å². The Labute approximate surface area is 128 Å². The molecule has 21 heavy (non-hydrogen) atoms. The van der Waals surface area contributed by atoms with Gasteiger partial charge in [-0.2, -0.15) is 4.98 Å². The van der Waals surface area contributed by atoms with Gasteiger partial charge in [0.2, 0.25) is 5.95 Å². The van der Waals surface area contributed by atoms with Crippen molar-refractivity contribution >= 4 is 11.8 Å². The summed E-state index contributed by atoms with van der Waals surface area (Å²) in [5.74, 6) is 2.55. The summed E-state index contributed by atoms with van der Waals surface area (Å²) < 4.78 is 0. The van der Waals surface area contributed by atoms with Crippen LogP contribution in [-0.2, 0) is 0 Å². The minimum atomic E-state index is 0.726. The number of anilines is 2. The Bertz CT molecular complexity index is 427. The number of rotatable bonds is 7. The fourth-order valence-electron chi connectivity index (χ4n) is 2.69. The maximum absolute atomic E-state index is 4.56. The summed E-state index contributed by atoms with van der Waals surface area (Å²) in [5, 5.41) is 6.72. The molecule has 118 valence electrons. The lowest BCUT2D eigenvalue weighted by atomic mass is 9.94. The summed E-state index contributed by atoms with van der Waals surface area (Å²) in [6, 6.07) is 0. The molecule has 1 aromatic heterocycles. The lowest BCUT2D eigenvalue weighted by molar-refractivity contribution is 0.215. The molecule has 5 nitrogen and oxygen atoms in total. The molecular formula is C16H29N5. The molecule has 0 amide bonds. The van der Waals surface area contributed by atoms with Gasteiger partial charge in [0.15, 0.2) is 0 Å². The number of nitrogens with one attached hydrogen (secondary N) is 2. The first-order chi connectivity index (χ1) is 10.2. The molecule has 0 spiro atoms. The summed E-state index contributed by atoms with van der Waals surface area (Å²) in [5.41, 5.74) is 1.11. The molecule has 5 heteroatoms. The first kappa shape index (κ1) is 16.0. The van der Waals surface area contributed by atoms with Crippen LogP contribution in [0.25, 0.3) is 0 Å². The SMILES string of the molecule is CCCNc1ncc(C)c(NCCC2CCN(C)CC2)n1. The molecule has 0 unspecified atom stereocenters. The first-order valence-electron chi connectivity index (χ1n) is 8.19. The van der Waals surface area contributed by atoms with Crippen molar-refractivity contribution in [2.24, 2.45) is 5.92 Å². The van der Waals surface area contributed by atoms with Crippen molar-refractivity contribution in [3.05, 3.63) is 11.8 Å². The maximum atomic E-state index is 4.56. The van der Waals surface area contributed by atoms with Crippen LogP contribution in [0.15, 0.2) is 6.20 Å². The molecule has 0 bridgehead atoms. The van der Waals surface area contributed by atoms with Gasteiger partial charge in [0.25, 0.3) is 0 Å². The summed E-state index contributed by atoms with van der Waals surface area (Å²) in [6.45, 7) is 8.59. The van der Waals surface area contributed by atoms with E-state index in [4.69, 9.17) is 0 Å². The fraction of sp³-hybridized carbons (Fsp3) is 0.750. The van der Waals surface area contributed by atoms with Gasteiger partial charge in [0, 0.05) is 24.8 Å². The van der Waals surface area contributed by atoms with Crippen LogP contribution in [-0.4, -0.2) is 48.1 Å². The van der Waals surface area contributed by atoms with Gasteiger partial charge in [0.1, 0.15) is 5.82 Å². The van der Waals surface area contributed by atoms with Gasteiger partial charge in [-0.1, -0.05) is 6.92 Å². The second-order valence-electron chi connectivity index (χ2n) is 6.11. The summed E-state index contributed by atoms with van der Waals surface area (Å²) >= 11 is 0. The van der Waals surface area contributed by atoms with Crippen LogP contribution >= 0.6 is 0 Å². The molecule has 1 aromatic rings. The van der Waals surface area contributed by atoms with Crippen LogP contribution in [0.5, 0.6) is 0 Å². The minimum absolute atomic E-state index is 0.726. The second-order valence-corrected chi connectivity index (χ2v) is 6.11. The van der Waals surface area contributed by atoms with Gasteiger partial charge >= 0.3 is 0 Å². The van der Waals surface area contributed by atoms with E-state index in [2.05, 4.69) is 46.4 Å². The molecular weight excluding hydrogens is 262 g/mol. The first-order valence-corrected chi connectivity index (χ1v) is 8.19. The summed E-state index contributed by atoms with van der Waals surface area (Å²) in [7, 11) is 2.21. The third-order valence-electron chi connectivity index (χ3n) is 4.19. The Morgan fingerprint density at radius 2 is 2.00 bits per heavy atom. The minimum Gasteiger partial charge on any atom is -0.370 e. The quantitative estimate of drug-likeness (QED) is 0.809. The van der Waals surface area contributed by atoms with E-state index in [1.807, 2.05) is 6.20 Å². The highest BCUT2D eigenvalue weighted by Crippen LogP contribution is 2.20. The zero-order chi connectivity index (χ0) is 15.1. The zero-order valence-corrected chi connectivity index (χ0v) is 13.7. The highest BCUT2D eigenvalue weighted by atomic mass is 15.1. The topological polar surface area (TPSA) is 53.1 Å². The summed E-state index contributed by atoms with van der Waals surface area (Å²) in [4.78, 5) is 11.3. The van der Waals surface area contributed by atoms with E-state index in [1.54, 1.807) is 0 Å². The van der Waals surface area contributed by atoms with Crippen molar-refractivity contribution in [2.75, 3.05) is 43.9 Å². The summed E-state index contributed by atoms with van der Waals surface area (Å²) in [6.07, 6.45) is 6.85. The standard InChI is InChI=1S/C16H29N5/c1-4-8-18-16-19-12-13(2)15(20-16)17-9-5-14-6-10-21(3)11-7-14/h12,14H,4-11H2,1-3H3,(H2,17,18,19,20). The molecule has 0 aromatic carbocycles. The third-order valence-corrected chi connectivity index (χ3v) is 4.19. The number of piperidine rings is 1. The van der Waals surface area contributed by atoms with Crippen molar-refractivity contribution in [3.63, 3.8) is 0 Å². The van der Waals surface area contributed by atoms with Gasteiger partial charge in [-0.25, -0.2) is 4.98 Å². The molecule has 1 saturated heterocycles. The number of hydrogen-bond donors (Lipinski definition) is 2. The molecule has 1 fully saturated rings. The predicted octanol–water partition coefficient (Wildman–Crippen LogP) is 2.75. The van der Waals surface area contributed by atoms with Crippen molar-refractivity contribution in [2.45, 2.75) is 39.5 Å². The number of aryl methyl sites for hydroxylation is 1. The number of likely N-dealkylation sites (tertiary alicyclic amines) is 1. The van der Waals surface area contributed by atoms with Crippen molar-refractivity contribution in [1.29, 1.82) is 0 Å². The Hall–Kier alpha value is -1.36. The molecule has 0 saturated carbocycles. The Morgan fingerprint density at radius 1 is 1.24 bits per heavy atom. The zero-order valence-electron chi connectivity index (χ0n) is 13.7. The smallest absolute Gasteiger partial charge is 0.224 e. The lowest BCUT2D eigenvalue weighted by Gasteiger charge is -2.29. The highest BCUT2D eigenvalue weighted by Gasteiger charge is 2.16. The fourth-order valence-corrected chi connectivity index (χ4v) is 2.69. The third kappa shape index (κ3) is 5.16. The van der Waals surface area contributed by atoms with Crippen molar-refractivity contribution in [1.82, 2.24) is 14.9 Å². The second kappa shape index (κ2) is 8.17. The monoisotopic (exact) mass is 291 g/mol. The molecule has 0 radical (unpaired) electrons. The molecule has 0 aliphatic carbocycles. The number of nitrogens with zero attached hydrogens (tertiary/aromatic N) is 3. The van der Waals surface area contributed by atoms with E-state index >= 15 is 0 Å². The van der Waals surface area contributed by atoms with Crippen LogP contribution in [0.4, 0.5) is 11.8 Å². The van der Waals surface area contributed by atoms with Gasteiger partial charge in [0.05, 0.1) is 0 Å². The lowest BCUT2D eigenvalue weighted by Crippen LogP contribution is -2.30. The molecule has 2 rings (SSSR count). The van der Waals surface area contributed by atoms with Gasteiger partial charge in [-0.3, -0.25) is 0 Å². The molecule has 2 heterocycles. The van der Waals surface area contributed by atoms with E-state index in [0.29, 0.717) is 0 Å². The average Bonchev–Trinajstić information content (AvgIpc) is 2.50. The van der Waals surface area contributed by atoms with Crippen molar-refractivity contribution in [3.8, 4) is 0 Å². The predicted molar refractivity (Wildman–Crippen MR) is 88.9 cm³/mol. The highest BCUT2D eigenvalue weighted by molar-refractivity contribution is 5.46. The van der Waals surface area contributed by atoms with Crippen LogP contribution in [0.3, 0.4) is 0 Å². The maximum Gasteiger partial charge on any atom is 0.224 e. The van der Waals surface area contributed by atoms with Gasteiger partial charge in [-0.15, -0.1) is 0 Å². The number of aromatic nitrogens is 2. The van der Waals surface area contributed by atoms with Crippen molar-refractivity contribution < 1.29 is 0 Å². The largest absolute Gasteiger partial charge is 0.370 e. The van der Waals surface area contributed by atoms with Crippen LogP contribution < -0.4 is 10.6 Å². The molecule has 0 atom stereocenters. The Morgan fingerprint density at radius 3 is 2.71 bits per heavy atom. The van der Waals surface area contributed by atoms with Gasteiger partial charge in [-0.05, 0) is 58.7 Å². The molecule has 1 aliphatic rings. The molecule has 2 N–H and O–H groups in total. The average molecular weight is 291 g/mol. The normalized spacial score (nSPS) is 16.9. The Balaban J connectivity index is 1.79. The van der Waals surface area contributed by atoms with E-state index in [1.165, 1.54) is 32.4 Å². The van der Waals surface area contributed by atoms with Crippen LogP contribution in [0.2, 0.25) is 0 Å². The van der Waals surface area contributed by atoms with Crippen LogP contribution in [0.1, 0.15) is 38.2 Å². The van der Waals surface area contributed by atoms with E-state index < -0.39 is 0 Å². The van der Waals surface area contributed by atoms with Crippen LogP contribution in [0, 0.1) is 12.8 Å². The Kier molecular flexibility index (Phi) is 6.23. The number of hydrogen-bond acceptors (Lipinski definition) is 5. The van der Waals surface area contributed by atoms with E-state index in [9.17, 15) is 0 Å². The van der Waals surface area contributed by atoms with Gasteiger partial charge < -0.3 is 15.5 Å². The molecule has 1 aliphatic heterocycles. The van der Waals surface area contributed by atoms with E-state index in [-0.39, 0.29) is 0 Å².